The zero-order valence-corrected chi connectivity index (χ0v) is 13.4. The number of benzene rings is 1. The van der Waals surface area contributed by atoms with E-state index < -0.39 is 17.5 Å². The van der Waals surface area contributed by atoms with Crippen LogP contribution in [-0.4, -0.2) is 24.0 Å². The number of halogens is 2. The molecule has 3 rings (SSSR count). The molecule has 6 heteroatoms. The summed E-state index contributed by atoms with van der Waals surface area (Å²) in [6.07, 6.45) is 3.96. The number of pyridine rings is 1. The maximum Gasteiger partial charge on any atom is 0.255 e. The molecular formula is C18H19F2N3O. The monoisotopic (exact) mass is 331 g/mol. The van der Waals surface area contributed by atoms with E-state index >= 15 is 0 Å². The van der Waals surface area contributed by atoms with Gasteiger partial charge in [-0.3, -0.25) is 4.79 Å². The summed E-state index contributed by atoms with van der Waals surface area (Å²) in [6.45, 7) is 4.19. The normalized spacial score (nSPS) is 17.6. The van der Waals surface area contributed by atoms with Gasteiger partial charge in [0, 0.05) is 18.7 Å². The summed E-state index contributed by atoms with van der Waals surface area (Å²) in [5.74, 6) is -1.00. The molecular weight excluding hydrogens is 312 g/mol. The minimum absolute atomic E-state index is 0.0582. The molecule has 0 aliphatic carbocycles. The first-order chi connectivity index (χ1) is 11.5. The van der Waals surface area contributed by atoms with Crippen LogP contribution in [-0.2, 0) is 0 Å². The second-order valence-electron chi connectivity index (χ2n) is 6.18. The lowest BCUT2D eigenvalue weighted by molar-refractivity contribution is 0.102. The Morgan fingerprint density at radius 1 is 1.25 bits per heavy atom. The Bertz CT molecular complexity index is 734. The van der Waals surface area contributed by atoms with Crippen LogP contribution in [0.2, 0.25) is 0 Å². The number of anilines is 2. The fourth-order valence-electron chi connectivity index (χ4n) is 2.89. The number of aromatic nitrogens is 1. The number of rotatable bonds is 3. The van der Waals surface area contributed by atoms with E-state index in [0.29, 0.717) is 11.6 Å². The predicted molar refractivity (Wildman–Crippen MR) is 89.2 cm³/mol. The van der Waals surface area contributed by atoms with Crippen LogP contribution in [0.3, 0.4) is 0 Å². The van der Waals surface area contributed by atoms with Crippen molar-refractivity contribution in [3.63, 3.8) is 0 Å². The molecule has 1 N–H and O–H groups in total. The van der Waals surface area contributed by atoms with Crippen molar-refractivity contribution in [3.8, 4) is 0 Å². The van der Waals surface area contributed by atoms with Gasteiger partial charge in [-0.2, -0.15) is 0 Å². The Kier molecular flexibility index (Phi) is 4.74. The summed E-state index contributed by atoms with van der Waals surface area (Å²) in [5.41, 5.74) is 0.571. The summed E-state index contributed by atoms with van der Waals surface area (Å²) in [4.78, 5) is 18.7. The van der Waals surface area contributed by atoms with Crippen molar-refractivity contribution in [2.24, 2.45) is 5.92 Å². The Labute approximate surface area is 139 Å². The third kappa shape index (κ3) is 3.69. The molecule has 2 heterocycles. The van der Waals surface area contributed by atoms with Gasteiger partial charge in [0.25, 0.3) is 5.91 Å². The molecule has 1 aromatic carbocycles. The van der Waals surface area contributed by atoms with E-state index in [0.717, 1.165) is 37.5 Å². The first-order valence-corrected chi connectivity index (χ1v) is 8.00. The summed E-state index contributed by atoms with van der Waals surface area (Å²) in [7, 11) is 0. The molecule has 24 heavy (non-hydrogen) atoms. The number of hydrogen-bond acceptors (Lipinski definition) is 3. The summed E-state index contributed by atoms with van der Waals surface area (Å²) < 4.78 is 26.1. The molecule has 1 fully saturated rings. The van der Waals surface area contributed by atoms with E-state index in [2.05, 4.69) is 22.1 Å². The van der Waals surface area contributed by atoms with Crippen LogP contribution >= 0.6 is 0 Å². The maximum absolute atomic E-state index is 13.2. The molecule has 0 radical (unpaired) electrons. The highest BCUT2D eigenvalue weighted by Crippen LogP contribution is 2.22. The van der Waals surface area contributed by atoms with E-state index in [4.69, 9.17) is 0 Å². The fourth-order valence-corrected chi connectivity index (χ4v) is 2.89. The van der Waals surface area contributed by atoms with Crippen LogP contribution < -0.4 is 10.2 Å². The molecule has 1 unspecified atom stereocenters. The third-order valence-electron chi connectivity index (χ3n) is 4.17. The minimum atomic E-state index is -1.05. The summed E-state index contributed by atoms with van der Waals surface area (Å²) in [5, 5.41) is 2.63. The van der Waals surface area contributed by atoms with Crippen molar-refractivity contribution in [1.82, 2.24) is 4.98 Å². The largest absolute Gasteiger partial charge is 0.356 e. The molecule has 0 spiro atoms. The van der Waals surface area contributed by atoms with Crippen LogP contribution in [0.5, 0.6) is 0 Å². The summed E-state index contributed by atoms with van der Waals surface area (Å²) in [6, 6.07) is 6.67. The molecule has 0 bridgehead atoms. The van der Waals surface area contributed by atoms with Crippen LogP contribution in [0.25, 0.3) is 0 Å². The van der Waals surface area contributed by atoms with E-state index in [1.165, 1.54) is 12.5 Å². The van der Waals surface area contributed by atoms with Crippen molar-refractivity contribution < 1.29 is 13.6 Å². The van der Waals surface area contributed by atoms with Gasteiger partial charge in [-0.05, 0) is 49.1 Å². The molecule has 1 aromatic heterocycles. The van der Waals surface area contributed by atoms with Crippen LogP contribution in [0, 0.1) is 17.6 Å². The average Bonchev–Trinajstić information content (AvgIpc) is 2.58. The Hall–Kier alpha value is -2.50. The molecule has 1 aliphatic heterocycles. The van der Waals surface area contributed by atoms with E-state index in [1.54, 1.807) is 12.3 Å². The molecule has 1 amide bonds. The number of nitrogens with zero attached hydrogens (tertiary/aromatic N) is 2. The van der Waals surface area contributed by atoms with E-state index in [1.807, 2.05) is 6.07 Å². The zero-order valence-electron chi connectivity index (χ0n) is 13.4. The smallest absolute Gasteiger partial charge is 0.255 e. The van der Waals surface area contributed by atoms with Crippen molar-refractivity contribution in [1.29, 1.82) is 0 Å². The van der Waals surface area contributed by atoms with Crippen LogP contribution in [0.15, 0.2) is 36.5 Å². The second kappa shape index (κ2) is 6.95. The molecule has 1 atom stereocenters. The number of carbonyl (C=O) groups excluding carboxylic acids is 1. The number of carbonyl (C=O) groups is 1. The zero-order chi connectivity index (χ0) is 17.1. The Morgan fingerprint density at radius 3 is 2.75 bits per heavy atom. The van der Waals surface area contributed by atoms with Crippen molar-refractivity contribution >= 4 is 17.4 Å². The highest BCUT2D eigenvalue weighted by Gasteiger charge is 2.17. The van der Waals surface area contributed by atoms with Gasteiger partial charge in [-0.25, -0.2) is 13.8 Å². The first-order valence-electron chi connectivity index (χ1n) is 8.00. The van der Waals surface area contributed by atoms with Crippen LogP contribution in [0.4, 0.5) is 20.3 Å². The molecule has 2 aromatic rings. The van der Waals surface area contributed by atoms with E-state index in [-0.39, 0.29) is 5.56 Å². The lowest BCUT2D eigenvalue weighted by atomic mass is 10.0. The fraction of sp³-hybridized carbons (Fsp3) is 0.333. The van der Waals surface area contributed by atoms with Gasteiger partial charge in [0.1, 0.15) is 5.82 Å². The molecule has 126 valence electrons. The quantitative estimate of drug-likeness (QED) is 0.929. The number of piperidine rings is 1. The predicted octanol–water partition coefficient (Wildman–Crippen LogP) is 3.85. The van der Waals surface area contributed by atoms with Gasteiger partial charge < -0.3 is 10.2 Å². The maximum atomic E-state index is 13.2. The van der Waals surface area contributed by atoms with Gasteiger partial charge >= 0.3 is 0 Å². The van der Waals surface area contributed by atoms with Crippen molar-refractivity contribution in [3.05, 3.63) is 53.7 Å². The lowest BCUT2D eigenvalue weighted by Gasteiger charge is -2.31. The van der Waals surface area contributed by atoms with Crippen LogP contribution in [0.1, 0.15) is 30.1 Å². The second-order valence-corrected chi connectivity index (χ2v) is 6.18. The van der Waals surface area contributed by atoms with Gasteiger partial charge in [-0.15, -0.1) is 0 Å². The standard InChI is InChI=1S/C18H19F2N3O/c1-12-3-2-8-23(11-12)17-7-5-14(10-21-17)22-18(24)13-4-6-15(19)16(20)9-13/h4-7,9-10,12H,2-3,8,11H2,1H3,(H,22,24). The third-order valence-corrected chi connectivity index (χ3v) is 4.17. The van der Waals surface area contributed by atoms with E-state index in [9.17, 15) is 13.6 Å². The molecule has 0 saturated carbocycles. The lowest BCUT2D eigenvalue weighted by Crippen LogP contribution is -2.34. The number of nitrogens with one attached hydrogen (secondary N) is 1. The Morgan fingerprint density at radius 2 is 2.08 bits per heavy atom. The molecule has 1 aliphatic rings. The number of hydrogen-bond donors (Lipinski definition) is 1. The van der Waals surface area contributed by atoms with Gasteiger partial charge in [0.15, 0.2) is 11.6 Å². The average molecular weight is 331 g/mol. The highest BCUT2D eigenvalue weighted by atomic mass is 19.2. The van der Waals surface area contributed by atoms with Gasteiger partial charge in [-0.1, -0.05) is 6.92 Å². The van der Waals surface area contributed by atoms with Crippen molar-refractivity contribution in [2.45, 2.75) is 19.8 Å². The SMILES string of the molecule is CC1CCCN(c2ccc(NC(=O)c3ccc(F)c(F)c3)cn2)C1. The highest BCUT2D eigenvalue weighted by molar-refractivity contribution is 6.04. The van der Waals surface area contributed by atoms with Gasteiger partial charge in [0.2, 0.25) is 0 Å². The molecule has 1 saturated heterocycles. The Balaban J connectivity index is 1.67. The number of amides is 1. The summed E-state index contributed by atoms with van der Waals surface area (Å²) >= 11 is 0. The first kappa shape index (κ1) is 16.4. The topological polar surface area (TPSA) is 45.2 Å². The van der Waals surface area contributed by atoms with Gasteiger partial charge in [0.05, 0.1) is 11.9 Å². The van der Waals surface area contributed by atoms with Crippen molar-refractivity contribution in [2.75, 3.05) is 23.3 Å². The molecule has 4 nitrogen and oxygen atoms in total. The minimum Gasteiger partial charge on any atom is -0.356 e.